The van der Waals surface area contributed by atoms with Gasteiger partial charge in [-0.1, -0.05) is 40.5 Å². The molecule has 86 valence electrons. The van der Waals surface area contributed by atoms with Gasteiger partial charge >= 0.3 is 0 Å². The minimum Gasteiger partial charge on any atom is -0.0888 e. The predicted molar refractivity (Wildman–Crippen MR) is 72.2 cm³/mol. The van der Waals surface area contributed by atoms with E-state index in [9.17, 15) is 0 Å². The standard InChI is InChI=1S/C15H19Br/c16-15-6-2-5-14(15)10-11-7-8-12-3-1-4-13(12)9-11/h7-9,14-15H,1-6,10H2. The van der Waals surface area contributed by atoms with Crippen LogP contribution in [-0.2, 0) is 19.3 Å². The summed E-state index contributed by atoms with van der Waals surface area (Å²) in [5.74, 6) is 0.874. The normalized spacial score (nSPS) is 28.3. The minimum atomic E-state index is 0.765. The Morgan fingerprint density at radius 1 is 1.06 bits per heavy atom. The van der Waals surface area contributed by atoms with E-state index >= 15 is 0 Å². The molecule has 2 atom stereocenters. The van der Waals surface area contributed by atoms with E-state index in [1.54, 1.807) is 16.7 Å². The highest BCUT2D eigenvalue weighted by Crippen LogP contribution is 2.34. The Hall–Kier alpha value is -0.300. The van der Waals surface area contributed by atoms with Gasteiger partial charge in [-0.25, -0.2) is 0 Å². The summed E-state index contributed by atoms with van der Waals surface area (Å²) in [4.78, 5) is 0.765. The molecule has 0 amide bonds. The minimum absolute atomic E-state index is 0.765. The third-order valence-corrected chi connectivity index (χ3v) is 5.43. The fourth-order valence-electron chi connectivity index (χ4n) is 3.28. The van der Waals surface area contributed by atoms with Gasteiger partial charge in [0.1, 0.15) is 0 Å². The summed E-state index contributed by atoms with van der Waals surface area (Å²) in [6, 6.07) is 7.21. The lowest BCUT2D eigenvalue weighted by Crippen LogP contribution is -2.09. The molecule has 1 aromatic rings. The first-order valence-electron chi connectivity index (χ1n) is 6.57. The molecule has 0 aromatic heterocycles. The SMILES string of the molecule is BrC1CCCC1Cc1ccc2c(c1)CCC2. The molecule has 2 aliphatic carbocycles. The van der Waals surface area contributed by atoms with E-state index in [-0.39, 0.29) is 0 Å². The predicted octanol–water partition coefficient (Wildman–Crippen LogP) is 4.28. The second-order valence-electron chi connectivity index (χ2n) is 5.37. The Labute approximate surface area is 107 Å². The van der Waals surface area contributed by atoms with Crippen molar-refractivity contribution >= 4 is 15.9 Å². The lowest BCUT2D eigenvalue weighted by molar-refractivity contribution is 0.562. The lowest BCUT2D eigenvalue weighted by atomic mass is 9.95. The summed E-state index contributed by atoms with van der Waals surface area (Å²) in [5, 5.41) is 0. The molecule has 0 nitrogen and oxygen atoms in total. The van der Waals surface area contributed by atoms with Gasteiger partial charge in [-0.2, -0.15) is 0 Å². The quantitative estimate of drug-likeness (QED) is 0.709. The first-order valence-corrected chi connectivity index (χ1v) is 7.49. The van der Waals surface area contributed by atoms with Crippen molar-refractivity contribution in [2.75, 3.05) is 0 Å². The molecule has 2 unspecified atom stereocenters. The van der Waals surface area contributed by atoms with E-state index in [1.165, 1.54) is 44.9 Å². The van der Waals surface area contributed by atoms with Crippen molar-refractivity contribution in [2.45, 2.75) is 49.8 Å². The maximum absolute atomic E-state index is 3.82. The lowest BCUT2D eigenvalue weighted by Gasteiger charge is -2.14. The van der Waals surface area contributed by atoms with E-state index < -0.39 is 0 Å². The van der Waals surface area contributed by atoms with Crippen molar-refractivity contribution in [3.63, 3.8) is 0 Å². The van der Waals surface area contributed by atoms with Crippen molar-refractivity contribution in [2.24, 2.45) is 5.92 Å². The van der Waals surface area contributed by atoms with Crippen LogP contribution in [0.25, 0.3) is 0 Å². The summed E-state index contributed by atoms with van der Waals surface area (Å²) >= 11 is 3.82. The molecule has 1 heteroatoms. The Bertz CT molecular complexity index is 383. The van der Waals surface area contributed by atoms with Crippen LogP contribution in [0.5, 0.6) is 0 Å². The molecule has 3 rings (SSSR count). The van der Waals surface area contributed by atoms with Crippen LogP contribution in [0.3, 0.4) is 0 Å². The summed E-state index contributed by atoms with van der Waals surface area (Å²) in [5.41, 5.74) is 4.80. The van der Waals surface area contributed by atoms with E-state index in [0.717, 1.165) is 10.7 Å². The molecule has 2 aliphatic rings. The highest BCUT2D eigenvalue weighted by molar-refractivity contribution is 9.09. The van der Waals surface area contributed by atoms with Crippen LogP contribution in [-0.4, -0.2) is 4.83 Å². The number of alkyl halides is 1. The maximum atomic E-state index is 3.82. The molecule has 16 heavy (non-hydrogen) atoms. The van der Waals surface area contributed by atoms with Crippen LogP contribution in [0.15, 0.2) is 18.2 Å². The first-order chi connectivity index (χ1) is 7.83. The largest absolute Gasteiger partial charge is 0.0888 e. The van der Waals surface area contributed by atoms with Crippen LogP contribution in [0, 0.1) is 5.92 Å². The van der Waals surface area contributed by atoms with E-state index in [1.807, 2.05) is 0 Å². The van der Waals surface area contributed by atoms with Crippen LogP contribution >= 0.6 is 15.9 Å². The Kier molecular flexibility index (Phi) is 3.06. The number of halogens is 1. The molecule has 1 saturated carbocycles. The first kappa shape index (κ1) is 10.8. The zero-order valence-corrected chi connectivity index (χ0v) is 11.3. The van der Waals surface area contributed by atoms with Crippen molar-refractivity contribution < 1.29 is 0 Å². The van der Waals surface area contributed by atoms with Gasteiger partial charge in [0.05, 0.1) is 0 Å². The number of hydrogen-bond donors (Lipinski definition) is 0. The highest BCUT2D eigenvalue weighted by atomic mass is 79.9. The molecular formula is C15H19Br. The maximum Gasteiger partial charge on any atom is 0.0177 e. The molecular weight excluding hydrogens is 260 g/mol. The average Bonchev–Trinajstić information content (AvgIpc) is 2.88. The van der Waals surface area contributed by atoms with E-state index in [4.69, 9.17) is 0 Å². The Morgan fingerprint density at radius 2 is 1.94 bits per heavy atom. The number of fused-ring (bicyclic) bond motifs is 1. The summed E-state index contributed by atoms with van der Waals surface area (Å²) < 4.78 is 0. The highest BCUT2D eigenvalue weighted by Gasteiger charge is 2.25. The molecule has 1 aromatic carbocycles. The van der Waals surface area contributed by atoms with Crippen molar-refractivity contribution in [3.8, 4) is 0 Å². The second kappa shape index (κ2) is 4.52. The van der Waals surface area contributed by atoms with E-state index in [0.29, 0.717) is 0 Å². The molecule has 0 heterocycles. The third-order valence-electron chi connectivity index (χ3n) is 4.23. The fraction of sp³-hybridized carbons (Fsp3) is 0.600. The number of rotatable bonds is 2. The van der Waals surface area contributed by atoms with Crippen molar-refractivity contribution in [1.82, 2.24) is 0 Å². The van der Waals surface area contributed by atoms with Gasteiger partial charge in [-0.05, 0) is 61.1 Å². The zero-order valence-electron chi connectivity index (χ0n) is 9.71. The van der Waals surface area contributed by atoms with Crippen molar-refractivity contribution in [1.29, 1.82) is 0 Å². The topological polar surface area (TPSA) is 0 Å². The van der Waals surface area contributed by atoms with Crippen LogP contribution in [0.2, 0.25) is 0 Å². The monoisotopic (exact) mass is 278 g/mol. The Morgan fingerprint density at radius 3 is 2.75 bits per heavy atom. The number of benzene rings is 1. The van der Waals surface area contributed by atoms with E-state index in [2.05, 4.69) is 34.1 Å². The van der Waals surface area contributed by atoms with Gasteiger partial charge in [0, 0.05) is 4.83 Å². The number of aryl methyl sites for hydroxylation is 2. The third kappa shape index (κ3) is 2.07. The summed E-state index contributed by atoms with van der Waals surface area (Å²) in [7, 11) is 0. The molecule has 0 bridgehead atoms. The molecule has 0 aliphatic heterocycles. The molecule has 0 N–H and O–H groups in total. The average molecular weight is 279 g/mol. The number of hydrogen-bond acceptors (Lipinski definition) is 0. The molecule has 0 radical (unpaired) electrons. The van der Waals surface area contributed by atoms with Gasteiger partial charge < -0.3 is 0 Å². The smallest absolute Gasteiger partial charge is 0.0177 e. The molecule has 0 spiro atoms. The van der Waals surface area contributed by atoms with Gasteiger partial charge in [0.15, 0.2) is 0 Å². The van der Waals surface area contributed by atoms with Crippen LogP contribution in [0.1, 0.15) is 42.4 Å². The van der Waals surface area contributed by atoms with Gasteiger partial charge in [-0.15, -0.1) is 0 Å². The van der Waals surface area contributed by atoms with Crippen LogP contribution in [0.4, 0.5) is 0 Å². The Balaban J connectivity index is 1.75. The second-order valence-corrected chi connectivity index (χ2v) is 6.54. The van der Waals surface area contributed by atoms with Crippen LogP contribution < -0.4 is 0 Å². The van der Waals surface area contributed by atoms with Crippen molar-refractivity contribution in [3.05, 3.63) is 34.9 Å². The summed E-state index contributed by atoms with van der Waals surface area (Å²) in [6.07, 6.45) is 9.45. The molecule has 1 fully saturated rings. The van der Waals surface area contributed by atoms with Gasteiger partial charge in [0.2, 0.25) is 0 Å². The molecule has 0 saturated heterocycles. The zero-order chi connectivity index (χ0) is 11.0. The van der Waals surface area contributed by atoms with Gasteiger partial charge in [-0.3, -0.25) is 0 Å². The fourth-order valence-corrected chi connectivity index (χ4v) is 4.05. The van der Waals surface area contributed by atoms with Gasteiger partial charge in [0.25, 0.3) is 0 Å². The summed E-state index contributed by atoms with van der Waals surface area (Å²) in [6.45, 7) is 0.